The van der Waals surface area contributed by atoms with Crippen LogP contribution in [-0.4, -0.2) is 17.1 Å². The van der Waals surface area contributed by atoms with Crippen LogP contribution in [0.4, 0.5) is 0 Å². The van der Waals surface area contributed by atoms with Crippen molar-refractivity contribution in [3.63, 3.8) is 0 Å². The third-order valence-corrected chi connectivity index (χ3v) is 1.15. The Hall–Kier alpha value is -0.570. The smallest absolute Gasteiger partial charge is 0.249 e. The molecule has 0 aromatic carbocycles. The topological polar surface area (TPSA) is 52.3 Å². The Kier molecular flexibility index (Phi) is 2.67. The van der Waals surface area contributed by atoms with Gasteiger partial charge in [-0.2, -0.15) is 0 Å². The van der Waals surface area contributed by atoms with Crippen molar-refractivity contribution in [3.8, 4) is 0 Å². The second-order valence-corrected chi connectivity index (χ2v) is 4.09. The van der Waals surface area contributed by atoms with Crippen LogP contribution in [0, 0.1) is 0 Å². The summed E-state index contributed by atoms with van der Waals surface area (Å²) < 4.78 is 5.41. The number of rotatable bonds is 2. The molecule has 0 aliphatic heterocycles. The van der Waals surface area contributed by atoms with Gasteiger partial charge in [0, 0.05) is 0 Å². The lowest BCUT2D eigenvalue weighted by Crippen LogP contribution is -2.45. The van der Waals surface area contributed by atoms with Gasteiger partial charge in [0.2, 0.25) is 5.91 Å². The average Bonchev–Trinajstić information content (AvgIpc) is 1.56. The number of carbonyl (C=O) groups excluding carboxylic acids is 1. The molecule has 0 unspecified atom stereocenters. The van der Waals surface area contributed by atoms with Crippen LogP contribution in [0.25, 0.3) is 0 Å². The van der Waals surface area contributed by atoms with Crippen molar-refractivity contribution < 1.29 is 9.53 Å². The standard InChI is InChI=1S/C8H17NO2/c1-7(2,3)11-8(4,5)6(9)10/h1-5H3,(H2,9,10). The molecule has 0 heterocycles. The molecule has 0 bridgehead atoms. The maximum Gasteiger partial charge on any atom is 0.249 e. The zero-order valence-corrected chi connectivity index (χ0v) is 7.89. The van der Waals surface area contributed by atoms with E-state index in [1.165, 1.54) is 0 Å². The molecule has 1 amide bonds. The van der Waals surface area contributed by atoms with Gasteiger partial charge >= 0.3 is 0 Å². The molecular formula is C8H17NO2. The number of nitrogens with two attached hydrogens (primary N) is 1. The molecule has 0 saturated carbocycles. The Morgan fingerprint density at radius 2 is 1.55 bits per heavy atom. The van der Waals surface area contributed by atoms with Gasteiger partial charge in [-0.3, -0.25) is 4.79 Å². The summed E-state index contributed by atoms with van der Waals surface area (Å²) in [6.45, 7) is 8.99. The van der Waals surface area contributed by atoms with E-state index < -0.39 is 11.5 Å². The molecule has 0 aromatic rings. The molecule has 3 heteroatoms. The lowest BCUT2D eigenvalue weighted by molar-refractivity contribution is -0.156. The fourth-order valence-electron chi connectivity index (χ4n) is 0.816. The lowest BCUT2D eigenvalue weighted by atomic mass is 10.1. The van der Waals surface area contributed by atoms with E-state index in [4.69, 9.17) is 10.5 Å². The first-order valence-electron chi connectivity index (χ1n) is 3.65. The molecule has 0 aromatic heterocycles. The fraction of sp³-hybridized carbons (Fsp3) is 0.875. The second kappa shape index (κ2) is 2.81. The lowest BCUT2D eigenvalue weighted by Gasteiger charge is -2.30. The van der Waals surface area contributed by atoms with Crippen LogP contribution < -0.4 is 5.73 Å². The average molecular weight is 159 g/mol. The fourth-order valence-corrected chi connectivity index (χ4v) is 0.816. The molecule has 66 valence electrons. The molecule has 0 radical (unpaired) electrons. The quantitative estimate of drug-likeness (QED) is 0.655. The van der Waals surface area contributed by atoms with Crippen LogP contribution in [0.1, 0.15) is 34.6 Å². The molecule has 0 aliphatic rings. The summed E-state index contributed by atoms with van der Waals surface area (Å²) in [7, 11) is 0. The molecule has 11 heavy (non-hydrogen) atoms. The predicted octanol–water partition coefficient (Wildman–Crippen LogP) is 1.07. The summed E-state index contributed by atoms with van der Waals surface area (Å²) in [6.07, 6.45) is 0. The van der Waals surface area contributed by atoms with Crippen molar-refractivity contribution in [1.29, 1.82) is 0 Å². The number of hydrogen-bond acceptors (Lipinski definition) is 2. The highest BCUT2D eigenvalue weighted by atomic mass is 16.5. The van der Waals surface area contributed by atoms with Crippen molar-refractivity contribution in [2.24, 2.45) is 5.73 Å². The molecule has 2 N–H and O–H groups in total. The summed E-state index contributed by atoms with van der Waals surface area (Å²) in [4.78, 5) is 10.8. The highest BCUT2D eigenvalue weighted by molar-refractivity contribution is 5.82. The second-order valence-electron chi connectivity index (χ2n) is 4.09. The minimum atomic E-state index is -0.877. The number of hydrogen-bond donors (Lipinski definition) is 1. The van der Waals surface area contributed by atoms with Crippen LogP contribution in [0.15, 0.2) is 0 Å². The van der Waals surface area contributed by atoms with Crippen LogP contribution in [-0.2, 0) is 9.53 Å². The van der Waals surface area contributed by atoms with E-state index in [0.717, 1.165) is 0 Å². The maximum atomic E-state index is 10.8. The first kappa shape index (κ1) is 10.4. The molecule has 0 saturated heterocycles. The molecule has 3 nitrogen and oxygen atoms in total. The Balaban J connectivity index is 4.25. The summed E-state index contributed by atoms with van der Waals surface area (Å²) in [5.41, 5.74) is 3.90. The zero-order chi connectivity index (χ0) is 9.28. The molecule has 0 aliphatic carbocycles. The van der Waals surface area contributed by atoms with Gasteiger partial charge in [0.05, 0.1) is 5.60 Å². The van der Waals surface area contributed by atoms with Gasteiger partial charge in [-0.1, -0.05) is 0 Å². The largest absolute Gasteiger partial charge is 0.367 e. The minimum Gasteiger partial charge on any atom is -0.367 e. The summed E-state index contributed by atoms with van der Waals surface area (Å²) in [6, 6.07) is 0. The van der Waals surface area contributed by atoms with E-state index >= 15 is 0 Å². The number of amides is 1. The minimum absolute atomic E-state index is 0.335. The first-order chi connectivity index (χ1) is 4.65. The molecular weight excluding hydrogens is 142 g/mol. The predicted molar refractivity (Wildman–Crippen MR) is 44.1 cm³/mol. The van der Waals surface area contributed by atoms with Crippen LogP contribution in [0.3, 0.4) is 0 Å². The van der Waals surface area contributed by atoms with Crippen LogP contribution >= 0.6 is 0 Å². The van der Waals surface area contributed by atoms with Gasteiger partial charge < -0.3 is 10.5 Å². The number of carbonyl (C=O) groups is 1. The molecule has 0 spiro atoms. The zero-order valence-electron chi connectivity index (χ0n) is 7.89. The van der Waals surface area contributed by atoms with Gasteiger partial charge in [0.15, 0.2) is 0 Å². The Morgan fingerprint density at radius 1 is 1.18 bits per heavy atom. The van der Waals surface area contributed by atoms with E-state index in [9.17, 15) is 4.79 Å². The van der Waals surface area contributed by atoms with Crippen LogP contribution in [0.5, 0.6) is 0 Å². The first-order valence-corrected chi connectivity index (χ1v) is 3.65. The van der Waals surface area contributed by atoms with Crippen molar-refractivity contribution in [1.82, 2.24) is 0 Å². The summed E-state index contributed by atoms with van der Waals surface area (Å²) in [5.74, 6) is -0.438. The van der Waals surface area contributed by atoms with E-state index in [-0.39, 0.29) is 5.60 Å². The SMILES string of the molecule is CC(C)(C)OC(C)(C)C(N)=O. The van der Waals surface area contributed by atoms with Crippen molar-refractivity contribution in [2.75, 3.05) is 0 Å². The molecule has 0 fully saturated rings. The maximum absolute atomic E-state index is 10.8. The molecule has 0 atom stereocenters. The third kappa shape index (κ3) is 3.98. The van der Waals surface area contributed by atoms with E-state index in [2.05, 4.69) is 0 Å². The van der Waals surface area contributed by atoms with Gasteiger partial charge in [-0.25, -0.2) is 0 Å². The normalized spacial score (nSPS) is 13.2. The summed E-state index contributed by atoms with van der Waals surface area (Å²) in [5, 5.41) is 0. The molecule has 0 rings (SSSR count). The van der Waals surface area contributed by atoms with Crippen molar-refractivity contribution >= 4 is 5.91 Å². The van der Waals surface area contributed by atoms with Gasteiger partial charge in [0.1, 0.15) is 5.60 Å². The Morgan fingerprint density at radius 3 is 1.64 bits per heavy atom. The van der Waals surface area contributed by atoms with Gasteiger partial charge in [0.25, 0.3) is 0 Å². The van der Waals surface area contributed by atoms with Crippen molar-refractivity contribution in [2.45, 2.75) is 45.8 Å². The monoisotopic (exact) mass is 159 g/mol. The number of ether oxygens (including phenoxy) is 1. The third-order valence-electron chi connectivity index (χ3n) is 1.15. The summed E-state index contributed by atoms with van der Waals surface area (Å²) >= 11 is 0. The Labute approximate surface area is 67.9 Å². The van der Waals surface area contributed by atoms with Gasteiger partial charge in [-0.05, 0) is 34.6 Å². The highest BCUT2D eigenvalue weighted by Gasteiger charge is 2.30. The highest BCUT2D eigenvalue weighted by Crippen LogP contribution is 2.18. The van der Waals surface area contributed by atoms with E-state index in [1.54, 1.807) is 13.8 Å². The van der Waals surface area contributed by atoms with Crippen LogP contribution in [0.2, 0.25) is 0 Å². The van der Waals surface area contributed by atoms with Gasteiger partial charge in [-0.15, -0.1) is 0 Å². The number of primary amides is 1. The van der Waals surface area contributed by atoms with Crippen molar-refractivity contribution in [3.05, 3.63) is 0 Å². The Bertz CT molecular complexity index is 156. The van der Waals surface area contributed by atoms with E-state index in [1.807, 2.05) is 20.8 Å². The van der Waals surface area contributed by atoms with E-state index in [0.29, 0.717) is 0 Å².